The smallest absolute Gasteiger partial charge is 0.482 e. The van der Waals surface area contributed by atoms with E-state index in [0.29, 0.717) is 26.4 Å². The van der Waals surface area contributed by atoms with Crippen molar-refractivity contribution in [1.29, 1.82) is 0 Å². The van der Waals surface area contributed by atoms with Gasteiger partial charge in [0.1, 0.15) is 0 Å². The molecule has 0 spiro atoms. The van der Waals surface area contributed by atoms with Crippen molar-refractivity contribution in [3.63, 3.8) is 0 Å². The first kappa shape index (κ1) is 15.1. The van der Waals surface area contributed by atoms with Crippen LogP contribution < -0.4 is 0 Å². The third-order valence-corrected chi connectivity index (χ3v) is 1.69. The molecule has 73 valence electrons. The van der Waals surface area contributed by atoms with Gasteiger partial charge in [-0.3, -0.25) is 0 Å². The number of hydrogen-bond donors (Lipinski definition) is 0. The highest BCUT2D eigenvalue weighted by Gasteiger charge is 1.95. The SMILES string of the molecule is COCC[O][Al][O]CCOC.Cl. The lowest BCUT2D eigenvalue weighted by Gasteiger charge is -2.02. The predicted molar refractivity (Wildman–Crippen MR) is 48.7 cm³/mol. The van der Waals surface area contributed by atoms with Gasteiger partial charge in [-0.2, -0.15) is 0 Å². The van der Waals surface area contributed by atoms with E-state index < -0.39 is 0 Å². The topological polar surface area (TPSA) is 36.9 Å². The predicted octanol–water partition coefficient (Wildman–Crippen LogP) is 0.268. The molecule has 1 radical (unpaired) electrons. The van der Waals surface area contributed by atoms with Crippen molar-refractivity contribution in [2.24, 2.45) is 0 Å². The fraction of sp³-hybridized carbons (Fsp3) is 1.00. The molecule has 0 N–H and O–H groups in total. The largest absolute Gasteiger partial charge is 0.668 e. The van der Waals surface area contributed by atoms with Crippen molar-refractivity contribution in [1.82, 2.24) is 0 Å². The lowest BCUT2D eigenvalue weighted by molar-refractivity contribution is 0.110. The van der Waals surface area contributed by atoms with Gasteiger partial charge < -0.3 is 17.1 Å². The first-order valence-corrected chi connectivity index (χ1v) is 4.39. The highest BCUT2D eigenvalue weighted by molar-refractivity contribution is 6.17. The Hall–Kier alpha value is 0.662. The van der Waals surface area contributed by atoms with Crippen LogP contribution in [0.2, 0.25) is 0 Å². The van der Waals surface area contributed by atoms with Crippen molar-refractivity contribution in [2.45, 2.75) is 0 Å². The average Bonchev–Trinajstić information content (AvgIpc) is 2.03. The maximum absolute atomic E-state index is 5.10. The quantitative estimate of drug-likeness (QED) is 0.429. The molecule has 0 bridgehead atoms. The summed E-state index contributed by atoms with van der Waals surface area (Å²) in [6.07, 6.45) is 0. The third-order valence-electron chi connectivity index (χ3n) is 0.947. The summed E-state index contributed by atoms with van der Waals surface area (Å²) in [7, 11) is 3.29. The minimum Gasteiger partial charge on any atom is -0.482 e. The molecule has 0 aliphatic carbocycles. The number of halogens is 1. The molecule has 0 heterocycles. The van der Waals surface area contributed by atoms with Crippen LogP contribution in [0.1, 0.15) is 0 Å². The molecule has 0 aromatic carbocycles. The number of methoxy groups -OCH3 is 2. The Balaban J connectivity index is 0. The second-order valence-corrected chi connectivity index (χ2v) is 2.68. The summed E-state index contributed by atoms with van der Waals surface area (Å²) in [5, 5.41) is 0. The fourth-order valence-electron chi connectivity index (χ4n) is 0.407. The first-order valence-electron chi connectivity index (χ1n) is 3.44. The van der Waals surface area contributed by atoms with Crippen LogP contribution in [-0.4, -0.2) is 56.5 Å². The minimum atomic E-state index is -0.349. The van der Waals surface area contributed by atoms with Gasteiger partial charge >= 0.3 is 15.9 Å². The minimum absolute atomic E-state index is 0. The van der Waals surface area contributed by atoms with Gasteiger partial charge in [-0.1, -0.05) is 0 Å². The van der Waals surface area contributed by atoms with Crippen LogP contribution in [0.5, 0.6) is 0 Å². The van der Waals surface area contributed by atoms with E-state index in [9.17, 15) is 0 Å². The fourth-order valence-corrected chi connectivity index (χ4v) is 0.888. The van der Waals surface area contributed by atoms with Gasteiger partial charge in [0.25, 0.3) is 0 Å². The summed E-state index contributed by atoms with van der Waals surface area (Å²) in [4.78, 5) is 0. The third kappa shape index (κ3) is 13.3. The molecule has 12 heavy (non-hydrogen) atoms. The van der Waals surface area contributed by atoms with Gasteiger partial charge in [-0.15, -0.1) is 12.4 Å². The standard InChI is InChI=1S/2C3H7O2.Al.ClH/c2*1-5-3-2-4;;/h2*2-3H2,1H3;;1H/q2*-1;+2;. The van der Waals surface area contributed by atoms with E-state index in [-0.39, 0.29) is 28.3 Å². The normalized spacial score (nSPS) is 9.17. The Morgan fingerprint density at radius 3 is 1.58 bits per heavy atom. The second kappa shape index (κ2) is 14.2. The zero-order valence-corrected chi connectivity index (χ0v) is 9.42. The van der Waals surface area contributed by atoms with Gasteiger partial charge in [0.2, 0.25) is 0 Å². The molecular weight excluding hydrogens is 198 g/mol. The lowest BCUT2D eigenvalue weighted by atomic mass is 10.8. The molecule has 0 rings (SSSR count). The molecule has 0 fully saturated rings. The molecule has 0 unspecified atom stereocenters. The zero-order valence-electron chi connectivity index (χ0n) is 7.45. The Bertz CT molecular complexity index is 68.6. The molecule has 0 saturated heterocycles. The Labute approximate surface area is 86.3 Å². The van der Waals surface area contributed by atoms with Crippen LogP contribution in [0.3, 0.4) is 0 Å². The van der Waals surface area contributed by atoms with Crippen molar-refractivity contribution in [2.75, 3.05) is 40.6 Å². The summed E-state index contributed by atoms with van der Waals surface area (Å²) in [6.45, 7) is 2.47. The van der Waals surface area contributed by atoms with E-state index >= 15 is 0 Å². The van der Waals surface area contributed by atoms with E-state index in [1.165, 1.54) is 0 Å². The Morgan fingerprint density at radius 2 is 1.25 bits per heavy atom. The molecule has 4 nitrogen and oxygen atoms in total. The number of ether oxygens (including phenoxy) is 2. The van der Waals surface area contributed by atoms with Gasteiger partial charge in [-0.25, -0.2) is 0 Å². The van der Waals surface area contributed by atoms with E-state index in [2.05, 4.69) is 0 Å². The van der Waals surface area contributed by atoms with E-state index in [1.54, 1.807) is 14.2 Å². The highest BCUT2D eigenvalue weighted by Crippen LogP contribution is 1.76. The summed E-state index contributed by atoms with van der Waals surface area (Å²) in [6, 6.07) is 0. The summed E-state index contributed by atoms with van der Waals surface area (Å²) < 4.78 is 19.8. The van der Waals surface area contributed by atoms with Crippen LogP contribution >= 0.6 is 12.4 Å². The maximum Gasteiger partial charge on any atom is 0.668 e. The van der Waals surface area contributed by atoms with Crippen molar-refractivity contribution >= 4 is 28.3 Å². The van der Waals surface area contributed by atoms with Crippen LogP contribution in [0.4, 0.5) is 0 Å². The van der Waals surface area contributed by atoms with Crippen molar-refractivity contribution < 1.29 is 17.1 Å². The van der Waals surface area contributed by atoms with Crippen LogP contribution in [0, 0.1) is 0 Å². The molecule has 0 aromatic rings. The lowest BCUT2D eigenvalue weighted by Crippen LogP contribution is -2.12. The highest BCUT2D eigenvalue weighted by atomic mass is 35.5. The van der Waals surface area contributed by atoms with Crippen LogP contribution in [0.15, 0.2) is 0 Å². The van der Waals surface area contributed by atoms with Crippen LogP contribution in [0.25, 0.3) is 0 Å². The second-order valence-electron chi connectivity index (χ2n) is 1.82. The van der Waals surface area contributed by atoms with Crippen LogP contribution in [-0.2, 0) is 17.1 Å². The molecular formula is C6H15AlClO4. The molecule has 0 amide bonds. The van der Waals surface area contributed by atoms with E-state index in [4.69, 9.17) is 17.1 Å². The van der Waals surface area contributed by atoms with Gasteiger partial charge in [0.05, 0.1) is 13.2 Å². The Kier molecular flexibility index (Phi) is 17.9. The van der Waals surface area contributed by atoms with E-state index in [0.717, 1.165) is 0 Å². The van der Waals surface area contributed by atoms with Gasteiger partial charge in [0.15, 0.2) is 0 Å². The molecule has 0 aliphatic heterocycles. The summed E-state index contributed by atoms with van der Waals surface area (Å²) in [5.74, 6) is 0. The number of hydrogen-bond acceptors (Lipinski definition) is 4. The van der Waals surface area contributed by atoms with Gasteiger partial charge in [-0.05, 0) is 0 Å². The average molecular weight is 214 g/mol. The molecule has 6 heteroatoms. The van der Waals surface area contributed by atoms with E-state index in [1.807, 2.05) is 0 Å². The van der Waals surface area contributed by atoms with Crippen molar-refractivity contribution in [3.05, 3.63) is 0 Å². The van der Waals surface area contributed by atoms with Crippen molar-refractivity contribution in [3.8, 4) is 0 Å². The summed E-state index contributed by atoms with van der Waals surface area (Å²) in [5.41, 5.74) is 0. The number of rotatable bonds is 8. The monoisotopic (exact) mass is 213 g/mol. The first-order chi connectivity index (χ1) is 5.41. The molecule has 0 atom stereocenters. The Morgan fingerprint density at radius 1 is 0.833 bits per heavy atom. The molecule has 0 aliphatic rings. The molecule has 0 saturated carbocycles. The molecule has 0 aromatic heterocycles. The van der Waals surface area contributed by atoms with Gasteiger partial charge in [0, 0.05) is 27.4 Å². The zero-order chi connectivity index (χ0) is 8.36. The maximum atomic E-state index is 5.10. The summed E-state index contributed by atoms with van der Waals surface area (Å²) >= 11 is -0.349.